The van der Waals surface area contributed by atoms with E-state index in [2.05, 4.69) is 18.7 Å². The van der Waals surface area contributed by atoms with Gasteiger partial charge in [0.15, 0.2) is 0 Å². The lowest BCUT2D eigenvalue weighted by Crippen LogP contribution is -2.35. The van der Waals surface area contributed by atoms with E-state index in [0.29, 0.717) is 19.7 Å². The van der Waals surface area contributed by atoms with Crippen LogP contribution in [0.5, 0.6) is 0 Å². The van der Waals surface area contributed by atoms with Gasteiger partial charge in [0, 0.05) is 41.2 Å². The molecule has 0 bridgehead atoms. The zero-order valence-corrected chi connectivity index (χ0v) is 13.7. The van der Waals surface area contributed by atoms with Crippen LogP contribution in [-0.2, 0) is 17.8 Å². The molecule has 0 aliphatic carbocycles. The zero-order valence-electron chi connectivity index (χ0n) is 12.9. The number of methoxy groups -OCH3 is 1. The van der Waals surface area contributed by atoms with Crippen molar-refractivity contribution in [2.24, 2.45) is 5.73 Å². The minimum Gasteiger partial charge on any atom is -0.383 e. The van der Waals surface area contributed by atoms with Gasteiger partial charge in [-0.15, -0.1) is 11.3 Å². The predicted octanol–water partition coefficient (Wildman–Crippen LogP) is 3.36. The molecule has 0 radical (unpaired) electrons. The number of hydrogen-bond donors (Lipinski definition) is 1. The van der Waals surface area contributed by atoms with Gasteiger partial charge in [0.1, 0.15) is 5.82 Å². The molecule has 1 aromatic heterocycles. The number of fused-ring (bicyclic) bond motifs is 1. The van der Waals surface area contributed by atoms with Crippen LogP contribution in [0.1, 0.15) is 24.3 Å². The number of benzene rings is 1. The molecule has 0 fully saturated rings. The summed E-state index contributed by atoms with van der Waals surface area (Å²) in [6.07, 6.45) is 0. The first kappa shape index (κ1) is 16.4. The molecule has 116 valence electrons. The Morgan fingerprint density at radius 3 is 2.81 bits per heavy atom. The lowest BCUT2D eigenvalue weighted by molar-refractivity contribution is 0.0983. The van der Waals surface area contributed by atoms with E-state index in [0.717, 1.165) is 27.1 Å². The summed E-state index contributed by atoms with van der Waals surface area (Å²) in [4.78, 5) is 3.36. The molecule has 2 rings (SSSR count). The van der Waals surface area contributed by atoms with Crippen LogP contribution in [0, 0.1) is 5.82 Å². The number of hydrogen-bond acceptors (Lipinski definition) is 4. The summed E-state index contributed by atoms with van der Waals surface area (Å²) in [6, 6.07) is 5.52. The van der Waals surface area contributed by atoms with Crippen molar-refractivity contribution in [3.8, 4) is 0 Å². The largest absolute Gasteiger partial charge is 0.383 e. The minimum absolute atomic E-state index is 0.158. The van der Waals surface area contributed by atoms with Gasteiger partial charge in [-0.1, -0.05) is 13.0 Å². The second-order valence-corrected chi connectivity index (χ2v) is 6.33. The Morgan fingerprint density at radius 2 is 2.19 bits per heavy atom. The Morgan fingerprint density at radius 1 is 1.43 bits per heavy atom. The fraction of sp³-hybridized carbons (Fsp3) is 0.500. The number of rotatable bonds is 7. The van der Waals surface area contributed by atoms with Gasteiger partial charge < -0.3 is 10.5 Å². The molecule has 1 heterocycles. The Balaban J connectivity index is 2.40. The van der Waals surface area contributed by atoms with E-state index in [1.807, 2.05) is 6.07 Å². The summed E-state index contributed by atoms with van der Waals surface area (Å²) < 4.78 is 20.4. The van der Waals surface area contributed by atoms with Crippen LogP contribution >= 0.6 is 11.3 Å². The van der Waals surface area contributed by atoms with Crippen molar-refractivity contribution >= 4 is 21.4 Å². The molecule has 21 heavy (non-hydrogen) atoms. The van der Waals surface area contributed by atoms with Crippen LogP contribution in [0.15, 0.2) is 18.2 Å². The number of nitrogens with zero attached hydrogens (tertiary/aromatic N) is 1. The average Bonchev–Trinajstić information content (AvgIpc) is 2.83. The molecule has 0 amide bonds. The molecule has 5 heteroatoms. The lowest BCUT2D eigenvalue weighted by atomic mass is 10.1. The van der Waals surface area contributed by atoms with Crippen molar-refractivity contribution in [2.45, 2.75) is 33.0 Å². The number of ether oxygens (including phenoxy) is 1. The van der Waals surface area contributed by atoms with Gasteiger partial charge in [0.2, 0.25) is 0 Å². The Labute approximate surface area is 129 Å². The van der Waals surface area contributed by atoms with E-state index >= 15 is 0 Å². The van der Waals surface area contributed by atoms with Crippen molar-refractivity contribution in [2.75, 3.05) is 20.3 Å². The third-order valence-electron chi connectivity index (χ3n) is 3.83. The molecule has 1 aromatic carbocycles. The van der Waals surface area contributed by atoms with Gasteiger partial charge in [0.25, 0.3) is 0 Å². The van der Waals surface area contributed by atoms with Gasteiger partial charge in [0.05, 0.1) is 6.61 Å². The summed E-state index contributed by atoms with van der Waals surface area (Å²) in [5.74, 6) is -0.158. The SMILES string of the molecule is CCN(Cc1c(CN)sc2cccc(F)c12)C(C)COC. The first-order valence-electron chi connectivity index (χ1n) is 7.24. The Bertz CT molecular complexity index is 599. The van der Waals surface area contributed by atoms with Crippen molar-refractivity contribution in [3.05, 3.63) is 34.5 Å². The van der Waals surface area contributed by atoms with E-state index in [1.165, 1.54) is 6.07 Å². The predicted molar refractivity (Wildman–Crippen MR) is 87.1 cm³/mol. The average molecular weight is 310 g/mol. The molecule has 0 spiro atoms. The minimum atomic E-state index is -0.158. The highest BCUT2D eigenvalue weighted by molar-refractivity contribution is 7.19. The summed E-state index contributed by atoms with van der Waals surface area (Å²) >= 11 is 1.59. The first-order valence-corrected chi connectivity index (χ1v) is 8.05. The summed E-state index contributed by atoms with van der Waals surface area (Å²) in [5, 5.41) is 0.728. The quantitative estimate of drug-likeness (QED) is 0.852. The third-order valence-corrected chi connectivity index (χ3v) is 5.05. The highest BCUT2D eigenvalue weighted by Gasteiger charge is 2.19. The molecule has 3 nitrogen and oxygen atoms in total. The first-order chi connectivity index (χ1) is 10.1. The normalized spacial score (nSPS) is 13.2. The van der Waals surface area contributed by atoms with Crippen LogP contribution in [0.3, 0.4) is 0 Å². The zero-order chi connectivity index (χ0) is 15.4. The summed E-state index contributed by atoms with van der Waals surface area (Å²) in [6.45, 7) is 6.94. The number of nitrogens with two attached hydrogens (primary N) is 1. The molecule has 0 saturated heterocycles. The molecule has 0 saturated carbocycles. The monoisotopic (exact) mass is 310 g/mol. The highest BCUT2D eigenvalue weighted by Crippen LogP contribution is 2.34. The van der Waals surface area contributed by atoms with Crippen molar-refractivity contribution in [3.63, 3.8) is 0 Å². The summed E-state index contributed by atoms with van der Waals surface area (Å²) in [5.41, 5.74) is 6.89. The number of halogens is 1. The van der Waals surface area contributed by atoms with E-state index in [9.17, 15) is 4.39 Å². The molecule has 2 N–H and O–H groups in total. The van der Waals surface area contributed by atoms with Crippen LogP contribution in [-0.4, -0.2) is 31.2 Å². The van der Waals surface area contributed by atoms with Gasteiger partial charge >= 0.3 is 0 Å². The molecule has 1 atom stereocenters. The van der Waals surface area contributed by atoms with Crippen molar-refractivity contribution in [1.82, 2.24) is 4.90 Å². The molecular weight excluding hydrogens is 287 g/mol. The second-order valence-electron chi connectivity index (χ2n) is 5.19. The van der Waals surface area contributed by atoms with Crippen molar-refractivity contribution < 1.29 is 9.13 Å². The van der Waals surface area contributed by atoms with E-state index in [-0.39, 0.29) is 11.9 Å². The molecule has 1 unspecified atom stereocenters. The topological polar surface area (TPSA) is 38.5 Å². The van der Waals surface area contributed by atoms with Gasteiger partial charge in [-0.25, -0.2) is 4.39 Å². The fourth-order valence-electron chi connectivity index (χ4n) is 2.68. The summed E-state index contributed by atoms with van der Waals surface area (Å²) in [7, 11) is 1.70. The highest BCUT2D eigenvalue weighted by atomic mass is 32.1. The van der Waals surface area contributed by atoms with Gasteiger partial charge in [-0.3, -0.25) is 4.90 Å². The number of likely N-dealkylation sites (N-methyl/N-ethyl adjacent to an activating group) is 1. The number of thiophene rings is 1. The maximum atomic E-state index is 14.2. The maximum absolute atomic E-state index is 14.2. The van der Waals surface area contributed by atoms with E-state index in [4.69, 9.17) is 10.5 Å². The lowest BCUT2D eigenvalue weighted by Gasteiger charge is -2.27. The van der Waals surface area contributed by atoms with Crippen LogP contribution in [0.2, 0.25) is 0 Å². The van der Waals surface area contributed by atoms with E-state index < -0.39 is 0 Å². The Hall–Kier alpha value is -1.01. The molecule has 0 aliphatic rings. The standard InChI is InChI=1S/C16H23FN2OS/c1-4-19(11(2)10-20-3)9-12-15(8-18)21-14-7-5-6-13(17)16(12)14/h5-7,11H,4,8-10,18H2,1-3H3. The van der Waals surface area contributed by atoms with Crippen LogP contribution in [0.25, 0.3) is 10.1 Å². The van der Waals surface area contributed by atoms with Crippen LogP contribution < -0.4 is 5.73 Å². The second kappa shape index (κ2) is 7.31. The third kappa shape index (κ3) is 3.43. The molecule has 2 aromatic rings. The molecule has 0 aliphatic heterocycles. The van der Waals surface area contributed by atoms with Gasteiger partial charge in [-0.2, -0.15) is 0 Å². The smallest absolute Gasteiger partial charge is 0.132 e. The fourth-order valence-corrected chi connectivity index (χ4v) is 3.79. The van der Waals surface area contributed by atoms with E-state index in [1.54, 1.807) is 24.5 Å². The van der Waals surface area contributed by atoms with Crippen LogP contribution in [0.4, 0.5) is 4.39 Å². The van der Waals surface area contributed by atoms with Crippen molar-refractivity contribution in [1.29, 1.82) is 0 Å². The van der Waals surface area contributed by atoms with Gasteiger partial charge in [-0.05, 0) is 31.2 Å². The Kier molecular flexibility index (Phi) is 5.70. The molecular formula is C16H23FN2OS. The maximum Gasteiger partial charge on any atom is 0.132 e.